The molecule has 0 aliphatic carbocycles. The van der Waals surface area contributed by atoms with Gasteiger partial charge in [0.1, 0.15) is 5.75 Å². The van der Waals surface area contributed by atoms with Gasteiger partial charge in [0, 0.05) is 18.7 Å². The predicted octanol–water partition coefficient (Wildman–Crippen LogP) is 1.45. The van der Waals surface area contributed by atoms with Gasteiger partial charge in [0.25, 0.3) is 0 Å². The summed E-state index contributed by atoms with van der Waals surface area (Å²) in [5, 5.41) is 0. The lowest BCUT2D eigenvalue weighted by Gasteiger charge is -2.28. The largest absolute Gasteiger partial charge is 0.482 e. The van der Waals surface area contributed by atoms with E-state index < -0.39 is 5.97 Å². The third-order valence-electron chi connectivity index (χ3n) is 4.53. The van der Waals surface area contributed by atoms with Crippen molar-refractivity contribution in [1.82, 2.24) is 19.9 Å². The molecule has 10 heteroatoms. The fourth-order valence-electron chi connectivity index (χ4n) is 3.11. The van der Waals surface area contributed by atoms with Crippen molar-refractivity contribution in [3.05, 3.63) is 30.5 Å². The molecule has 1 fully saturated rings. The van der Waals surface area contributed by atoms with Crippen molar-refractivity contribution < 1.29 is 19.0 Å². The van der Waals surface area contributed by atoms with Gasteiger partial charge in [-0.05, 0) is 31.2 Å². The van der Waals surface area contributed by atoms with Crippen LogP contribution in [0.15, 0.2) is 30.5 Å². The summed E-state index contributed by atoms with van der Waals surface area (Å²) in [6.07, 6.45) is 1.65. The lowest BCUT2D eigenvalue weighted by Crippen LogP contribution is -2.37. The number of benzene rings is 1. The fourth-order valence-corrected chi connectivity index (χ4v) is 3.11. The first kappa shape index (κ1) is 19.8. The van der Waals surface area contributed by atoms with Crippen LogP contribution in [0, 0.1) is 0 Å². The molecule has 0 saturated carbocycles. The van der Waals surface area contributed by atoms with Crippen molar-refractivity contribution in [3.63, 3.8) is 0 Å². The van der Waals surface area contributed by atoms with Gasteiger partial charge in [-0.3, -0.25) is 0 Å². The number of nitrogen functional groups attached to an aromatic ring is 1. The first-order valence-electron chi connectivity index (χ1n) is 9.66. The molecule has 4 rings (SSSR count). The Kier molecular flexibility index (Phi) is 5.84. The summed E-state index contributed by atoms with van der Waals surface area (Å²) in [6, 6.07) is 7.23. The Morgan fingerprint density at radius 2 is 1.93 bits per heavy atom. The standard InChI is InChI=1S/C20H22N6O4/c1-2-29-16(27)12-30-14-5-3-13(4-6-14)15-11-22-18-17(23-15)19(25-20(21)24-18)26-7-9-28-10-8-26/h3-6,11H,2,7-10,12H2,1H3,(H2,21,22,24,25). The van der Waals surface area contributed by atoms with E-state index in [2.05, 4.69) is 19.9 Å². The Hall–Kier alpha value is -3.53. The molecule has 1 aliphatic rings. The quantitative estimate of drug-likeness (QED) is 0.597. The number of hydrogen-bond acceptors (Lipinski definition) is 10. The molecule has 1 aromatic carbocycles. The topological polar surface area (TPSA) is 126 Å². The van der Waals surface area contributed by atoms with Crippen LogP contribution in [-0.4, -0.2) is 65.4 Å². The number of anilines is 2. The highest BCUT2D eigenvalue weighted by molar-refractivity contribution is 5.85. The lowest BCUT2D eigenvalue weighted by molar-refractivity contribution is -0.145. The van der Waals surface area contributed by atoms with E-state index >= 15 is 0 Å². The number of hydrogen-bond donors (Lipinski definition) is 1. The summed E-state index contributed by atoms with van der Waals surface area (Å²) in [4.78, 5) is 31.3. The van der Waals surface area contributed by atoms with Crippen LogP contribution in [0.25, 0.3) is 22.4 Å². The predicted molar refractivity (Wildman–Crippen MR) is 110 cm³/mol. The molecule has 1 saturated heterocycles. The first-order valence-corrected chi connectivity index (χ1v) is 9.66. The monoisotopic (exact) mass is 410 g/mol. The van der Waals surface area contributed by atoms with Gasteiger partial charge in [-0.1, -0.05) is 0 Å². The van der Waals surface area contributed by atoms with Crippen molar-refractivity contribution in [2.24, 2.45) is 0 Å². The van der Waals surface area contributed by atoms with E-state index in [1.165, 1.54) is 0 Å². The maximum Gasteiger partial charge on any atom is 0.344 e. The van der Waals surface area contributed by atoms with Crippen LogP contribution in [0.3, 0.4) is 0 Å². The maximum absolute atomic E-state index is 11.4. The van der Waals surface area contributed by atoms with E-state index in [0.29, 0.717) is 61.3 Å². The second-order valence-corrected chi connectivity index (χ2v) is 6.55. The van der Waals surface area contributed by atoms with Gasteiger partial charge >= 0.3 is 5.97 Å². The molecule has 0 unspecified atom stereocenters. The summed E-state index contributed by atoms with van der Waals surface area (Å²) in [5.41, 5.74) is 8.42. The third-order valence-corrected chi connectivity index (χ3v) is 4.53. The smallest absolute Gasteiger partial charge is 0.344 e. The van der Waals surface area contributed by atoms with Crippen LogP contribution >= 0.6 is 0 Å². The number of carbonyl (C=O) groups is 1. The minimum atomic E-state index is -0.406. The Morgan fingerprint density at radius 1 is 1.17 bits per heavy atom. The van der Waals surface area contributed by atoms with Gasteiger partial charge in [0.15, 0.2) is 23.6 Å². The highest BCUT2D eigenvalue weighted by Gasteiger charge is 2.19. The molecule has 3 heterocycles. The molecular formula is C20H22N6O4. The molecule has 0 bridgehead atoms. The number of nitrogens with zero attached hydrogens (tertiary/aromatic N) is 5. The number of esters is 1. The maximum atomic E-state index is 11.4. The number of carbonyl (C=O) groups excluding carboxylic acids is 1. The van der Waals surface area contributed by atoms with Gasteiger partial charge < -0.3 is 24.8 Å². The molecule has 3 aromatic rings. The molecule has 156 valence electrons. The average molecular weight is 410 g/mol. The molecule has 10 nitrogen and oxygen atoms in total. The summed E-state index contributed by atoms with van der Waals surface area (Å²) in [6.45, 7) is 4.57. The van der Waals surface area contributed by atoms with Crippen molar-refractivity contribution >= 4 is 28.9 Å². The second kappa shape index (κ2) is 8.87. The number of ether oxygens (including phenoxy) is 3. The van der Waals surface area contributed by atoms with Gasteiger partial charge in [0.05, 0.1) is 31.7 Å². The second-order valence-electron chi connectivity index (χ2n) is 6.55. The van der Waals surface area contributed by atoms with Crippen LogP contribution in [0.2, 0.25) is 0 Å². The van der Waals surface area contributed by atoms with Crippen molar-refractivity contribution in [2.45, 2.75) is 6.92 Å². The SMILES string of the molecule is CCOC(=O)COc1ccc(-c2cnc3nc(N)nc(N4CCOCC4)c3n2)cc1. The number of morpholine rings is 1. The summed E-state index contributed by atoms with van der Waals surface area (Å²) >= 11 is 0. The number of rotatable bonds is 6. The zero-order valence-corrected chi connectivity index (χ0v) is 16.6. The van der Waals surface area contributed by atoms with E-state index in [9.17, 15) is 4.79 Å². The van der Waals surface area contributed by atoms with Crippen LogP contribution in [-0.2, 0) is 14.3 Å². The van der Waals surface area contributed by atoms with Crippen LogP contribution in [0.4, 0.5) is 11.8 Å². The van der Waals surface area contributed by atoms with Crippen molar-refractivity contribution in [3.8, 4) is 17.0 Å². The third kappa shape index (κ3) is 4.38. The van der Waals surface area contributed by atoms with Crippen LogP contribution < -0.4 is 15.4 Å². The molecule has 2 N–H and O–H groups in total. The molecule has 0 spiro atoms. The molecule has 1 aliphatic heterocycles. The van der Waals surface area contributed by atoms with Crippen LogP contribution in [0.5, 0.6) is 5.75 Å². The summed E-state index contributed by atoms with van der Waals surface area (Å²) < 4.78 is 15.7. The first-order chi connectivity index (χ1) is 14.6. The highest BCUT2D eigenvalue weighted by atomic mass is 16.6. The molecule has 0 amide bonds. The summed E-state index contributed by atoms with van der Waals surface area (Å²) in [7, 11) is 0. The number of fused-ring (bicyclic) bond motifs is 1. The number of nitrogens with two attached hydrogens (primary N) is 1. The Labute approximate surface area is 173 Å². The molecule has 2 aromatic heterocycles. The number of aromatic nitrogens is 4. The van der Waals surface area contributed by atoms with E-state index in [4.69, 9.17) is 24.9 Å². The fraction of sp³-hybridized carbons (Fsp3) is 0.350. The minimum absolute atomic E-state index is 0.134. The summed E-state index contributed by atoms with van der Waals surface area (Å²) in [5.74, 6) is 0.973. The van der Waals surface area contributed by atoms with E-state index in [-0.39, 0.29) is 12.6 Å². The average Bonchev–Trinajstić information content (AvgIpc) is 2.78. The van der Waals surface area contributed by atoms with Gasteiger partial charge in [-0.2, -0.15) is 9.97 Å². The van der Waals surface area contributed by atoms with Gasteiger partial charge in [0.2, 0.25) is 5.95 Å². The van der Waals surface area contributed by atoms with Gasteiger partial charge in [-0.25, -0.2) is 14.8 Å². The van der Waals surface area contributed by atoms with Gasteiger partial charge in [-0.15, -0.1) is 0 Å². The Bertz CT molecular complexity index is 1040. The zero-order valence-electron chi connectivity index (χ0n) is 16.6. The van der Waals surface area contributed by atoms with E-state index in [1.807, 2.05) is 12.1 Å². The zero-order chi connectivity index (χ0) is 20.9. The van der Waals surface area contributed by atoms with E-state index in [1.54, 1.807) is 25.3 Å². The molecular weight excluding hydrogens is 388 g/mol. The van der Waals surface area contributed by atoms with E-state index in [0.717, 1.165) is 5.56 Å². The van der Waals surface area contributed by atoms with Crippen molar-refractivity contribution in [1.29, 1.82) is 0 Å². The molecule has 30 heavy (non-hydrogen) atoms. The minimum Gasteiger partial charge on any atom is -0.482 e. The lowest BCUT2D eigenvalue weighted by atomic mass is 10.1. The van der Waals surface area contributed by atoms with Crippen molar-refractivity contribution in [2.75, 3.05) is 50.2 Å². The molecule has 0 atom stereocenters. The normalized spacial score (nSPS) is 14.0. The Morgan fingerprint density at radius 3 is 2.67 bits per heavy atom. The molecule has 0 radical (unpaired) electrons. The highest BCUT2D eigenvalue weighted by Crippen LogP contribution is 2.26. The van der Waals surface area contributed by atoms with Crippen LogP contribution in [0.1, 0.15) is 6.92 Å². The Balaban J connectivity index is 1.60.